The zero-order valence-corrected chi connectivity index (χ0v) is 11.7. The molecule has 0 aliphatic rings. The van der Waals surface area contributed by atoms with Crippen LogP contribution in [0.4, 0.5) is 11.4 Å². The Balaban J connectivity index is 1.76. The van der Waals surface area contributed by atoms with E-state index in [1.807, 2.05) is 41.2 Å². The molecule has 0 saturated carbocycles. The van der Waals surface area contributed by atoms with E-state index in [2.05, 4.69) is 10.4 Å². The molecule has 2 aromatic carbocycles. The van der Waals surface area contributed by atoms with Gasteiger partial charge in [-0.2, -0.15) is 5.10 Å². The van der Waals surface area contributed by atoms with Gasteiger partial charge >= 0.3 is 0 Å². The highest BCUT2D eigenvalue weighted by Crippen LogP contribution is 2.18. The van der Waals surface area contributed by atoms with Crippen molar-refractivity contribution in [3.05, 3.63) is 82.7 Å². The molecule has 0 aliphatic carbocycles. The van der Waals surface area contributed by atoms with Crippen molar-refractivity contribution >= 4 is 11.4 Å². The Morgan fingerprint density at radius 1 is 1.09 bits per heavy atom. The van der Waals surface area contributed by atoms with E-state index in [4.69, 9.17) is 0 Å². The Labute approximate surface area is 127 Å². The van der Waals surface area contributed by atoms with Gasteiger partial charge in [0.1, 0.15) is 0 Å². The molecule has 6 heteroatoms. The summed E-state index contributed by atoms with van der Waals surface area (Å²) in [4.78, 5) is 10.2. The fourth-order valence-corrected chi connectivity index (χ4v) is 2.19. The molecule has 110 valence electrons. The van der Waals surface area contributed by atoms with Crippen molar-refractivity contribution in [3.8, 4) is 5.69 Å². The number of benzene rings is 2. The van der Waals surface area contributed by atoms with E-state index < -0.39 is 4.92 Å². The van der Waals surface area contributed by atoms with E-state index in [1.165, 1.54) is 12.1 Å². The molecule has 1 aromatic heterocycles. The highest BCUT2D eigenvalue weighted by Gasteiger charge is 2.06. The lowest BCUT2D eigenvalue weighted by Crippen LogP contribution is -2.05. The summed E-state index contributed by atoms with van der Waals surface area (Å²) in [6, 6.07) is 16.2. The van der Waals surface area contributed by atoms with E-state index in [0.29, 0.717) is 6.54 Å². The van der Waals surface area contributed by atoms with Gasteiger partial charge in [-0.05, 0) is 29.8 Å². The van der Waals surface area contributed by atoms with E-state index in [-0.39, 0.29) is 5.69 Å². The van der Waals surface area contributed by atoms with Crippen molar-refractivity contribution in [1.82, 2.24) is 9.78 Å². The van der Waals surface area contributed by atoms with Crippen LogP contribution in [0.25, 0.3) is 5.69 Å². The first-order chi connectivity index (χ1) is 10.7. The lowest BCUT2D eigenvalue weighted by atomic mass is 10.1. The van der Waals surface area contributed by atoms with Crippen LogP contribution in [0.5, 0.6) is 0 Å². The zero-order valence-electron chi connectivity index (χ0n) is 11.7. The van der Waals surface area contributed by atoms with E-state index >= 15 is 0 Å². The summed E-state index contributed by atoms with van der Waals surface area (Å²) >= 11 is 0. The maximum Gasteiger partial charge on any atom is 0.269 e. The number of para-hydroxylation sites is 1. The number of nitro groups is 1. The van der Waals surface area contributed by atoms with Crippen molar-refractivity contribution in [2.75, 3.05) is 5.32 Å². The third-order valence-corrected chi connectivity index (χ3v) is 3.30. The number of hydrogen-bond acceptors (Lipinski definition) is 4. The van der Waals surface area contributed by atoms with Crippen LogP contribution in [0.1, 0.15) is 5.56 Å². The highest BCUT2D eigenvalue weighted by atomic mass is 16.6. The Morgan fingerprint density at radius 2 is 1.86 bits per heavy atom. The second kappa shape index (κ2) is 6.09. The SMILES string of the molecule is O=[N+]([O-])c1ccc(NCc2ccccc2-n2cccn2)cc1. The monoisotopic (exact) mass is 294 g/mol. The number of aromatic nitrogens is 2. The van der Waals surface area contributed by atoms with Gasteiger partial charge in [0.25, 0.3) is 5.69 Å². The van der Waals surface area contributed by atoms with Gasteiger partial charge in [-0.3, -0.25) is 10.1 Å². The normalized spacial score (nSPS) is 10.4. The summed E-state index contributed by atoms with van der Waals surface area (Å²) < 4.78 is 1.81. The molecular formula is C16H14N4O2. The molecule has 0 saturated heterocycles. The minimum atomic E-state index is -0.406. The van der Waals surface area contributed by atoms with Crippen molar-refractivity contribution in [2.45, 2.75) is 6.54 Å². The quantitative estimate of drug-likeness (QED) is 0.578. The van der Waals surface area contributed by atoms with Crippen molar-refractivity contribution in [1.29, 1.82) is 0 Å². The number of nitrogens with zero attached hydrogens (tertiary/aromatic N) is 3. The Kier molecular flexibility index (Phi) is 3.82. The van der Waals surface area contributed by atoms with Crippen molar-refractivity contribution in [3.63, 3.8) is 0 Å². The minimum Gasteiger partial charge on any atom is -0.381 e. The number of non-ortho nitro benzene ring substituents is 1. The molecule has 1 heterocycles. The molecule has 0 bridgehead atoms. The first kappa shape index (κ1) is 13.8. The smallest absolute Gasteiger partial charge is 0.269 e. The molecule has 3 rings (SSSR count). The molecule has 0 radical (unpaired) electrons. The molecule has 6 nitrogen and oxygen atoms in total. The van der Waals surface area contributed by atoms with Crippen LogP contribution >= 0.6 is 0 Å². The second-order valence-electron chi connectivity index (χ2n) is 4.74. The van der Waals surface area contributed by atoms with Crippen LogP contribution in [0.2, 0.25) is 0 Å². The number of nitrogens with one attached hydrogen (secondary N) is 1. The summed E-state index contributed by atoms with van der Waals surface area (Å²) in [6.45, 7) is 0.605. The predicted molar refractivity (Wildman–Crippen MR) is 84.0 cm³/mol. The largest absolute Gasteiger partial charge is 0.381 e. The summed E-state index contributed by atoms with van der Waals surface area (Å²) in [5.41, 5.74) is 3.01. The number of nitro benzene ring substituents is 1. The predicted octanol–water partition coefficient (Wildman–Crippen LogP) is 3.39. The van der Waals surface area contributed by atoms with Crippen LogP contribution in [0.15, 0.2) is 67.0 Å². The number of rotatable bonds is 5. The Bertz CT molecular complexity index is 767. The summed E-state index contributed by atoms with van der Waals surface area (Å²) in [6.07, 6.45) is 3.63. The first-order valence-corrected chi connectivity index (χ1v) is 6.80. The van der Waals surface area contributed by atoms with Crippen LogP contribution in [0, 0.1) is 10.1 Å². The Morgan fingerprint density at radius 3 is 2.55 bits per heavy atom. The van der Waals surface area contributed by atoms with Gasteiger partial charge in [-0.25, -0.2) is 4.68 Å². The molecule has 1 N–H and O–H groups in total. The van der Waals surface area contributed by atoms with Crippen molar-refractivity contribution in [2.24, 2.45) is 0 Å². The minimum absolute atomic E-state index is 0.0856. The lowest BCUT2D eigenvalue weighted by Gasteiger charge is -2.11. The third-order valence-electron chi connectivity index (χ3n) is 3.30. The maximum absolute atomic E-state index is 10.6. The fraction of sp³-hybridized carbons (Fsp3) is 0.0625. The van der Waals surface area contributed by atoms with E-state index in [1.54, 1.807) is 18.3 Å². The maximum atomic E-state index is 10.6. The van der Waals surface area contributed by atoms with Crippen LogP contribution < -0.4 is 5.32 Å². The average molecular weight is 294 g/mol. The van der Waals surface area contributed by atoms with E-state index in [9.17, 15) is 10.1 Å². The Hall–Kier alpha value is -3.15. The lowest BCUT2D eigenvalue weighted by molar-refractivity contribution is -0.384. The molecular weight excluding hydrogens is 280 g/mol. The molecule has 0 unspecified atom stereocenters. The molecule has 0 aliphatic heterocycles. The zero-order chi connectivity index (χ0) is 15.4. The van der Waals surface area contributed by atoms with Crippen LogP contribution in [-0.2, 0) is 6.54 Å². The molecule has 0 spiro atoms. The van der Waals surface area contributed by atoms with Crippen LogP contribution in [-0.4, -0.2) is 14.7 Å². The van der Waals surface area contributed by atoms with Crippen LogP contribution in [0.3, 0.4) is 0 Å². The summed E-state index contributed by atoms with van der Waals surface area (Å²) in [7, 11) is 0. The van der Waals surface area contributed by atoms with E-state index in [0.717, 1.165) is 16.9 Å². The fourth-order valence-electron chi connectivity index (χ4n) is 2.19. The van der Waals surface area contributed by atoms with Gasteiger partial charge in [0, 0.05) is 36.8 Å². The van der Waals surface area contributed by atoms with Crippen molar-refractivity contribution < 1.29 is 4.92 Å². The van der Waals surface area contributed by atoms with Gasteiger partial charge in [0.2, 0.25) is 0 Å². The van der Waals surface area contributed by atoms with Gasteiger partial charge in [-0.15, -0.1) is 0 Å². The first-order valence-electron chi connectivity index (χ1n) is 6.80. The second-order valence-corrected chi connectivity index (χ2v) is 4.74. The summed E-state index contributed by atoms with van der Waals surface area (Å²) in [5.74, 6) is 0. The molecule has 22 heavy (non-hydrogen) atoms. The standard InChI is InChI=1S/C16H14N4O2/c21-20(22)15-8-6-14(7-9-15)17-12-13-4-1-2-5-16(13)19-11-3-10-18-19/h1-11,17H,12H2. The van der Waals surface area contributed by atoms with Gasteiger partial charge < -0.3 is 5.32 Å². The molecule has 0 amide bonds. The average Bonchev–Trinajstić information content (AvgIpc) is 3.08. The van der Waals surface area contributed by atoms with Gasteiger partial charge in [-0.1, -0.05) is 18.2 Å². The number of hydrogen-bond donors (Lipinski definition) is 1. The topological polar surface area (TPSA) is 73.0 Å². The van der Waals surface area contributed by atoms with Gasteiger partial charge in [0.05, 0.1) is 10.6 Å². The number of anilines is 1. The molecule has 0 atom stereocenters. The highest BCUT2D eigenvalue weighted by molar-refractivity contribution is 5.50. The molecule has 3 aromatic rings. The third kappa shape index (κ3) is 2.95. The summed E-state index contributed by atoms with van der Waals surface area (Å²) in [5, 5.41) is 18.2. The molecule has 0 fully saturated rings. The van der Waals surface area contributed by atoms with Gasteiger partial charge in [0.15, 0.2) is 0 Å².